The fraction of sp³-hybridized carbons (Fsp3) is 1.00. The van der Waals surface area contributed by atoms with Crippen molar-refractivity contribution in [1.29, 1.82) is 0 Å². The lowest BCUT2D eigenvalue weighted by atomic mass is 9.78. The minimum absolute atomic E-state index is 0.287. The van der Waals surface area contributed by atoms with Crippen LogP contribution in [0.4, 0.5) is 0 Å². The molecule has 1 aliphatic heterocycles. The smallest absolute Gasteiger partial charge is 0.0253 e. The van der Waals surface area contributed by atoms with Gasteiger partial charge in [0.2, 0.25) is 0 Å². The van der Waals surface area contributed by atoms with Gasteiger partial charge in [0.25, 0.3) is 0 Å². The zero-order valence-electron chi connectivity index (χ0n) is 13.0. The van der Waals surface area contributed by atoms with Crippen LogP contribution in [0.2, 0.25) is 0 Å². The Labute approximate surface area is 114 Å². The fourth-order valence-electron chi connectivity index (χ4n) is 4.13. The number of rotatable bonds is 2. The Morgan fingerprint density at radius 2 is 1.72 bits per heavy atom. The molecule has 0 bridgehead atoms. The van der Waals surface area contributed by atoms with Gasteiger partial charge in [0.1, 0.15) is 0 Å². The molecule has 2 heteroatoms. The summed E-state index contributed by atoms with van der Waals surface area (Å²) in [6.07, 6.45) is 5.54. The SMILES string of the molecule is CCC1CNC(C)(C)CN1C1CC(C)CC(C)C1. The standard InChI is InChI=1S/C16H32N2/c1-6-14-10-17-16(4,5)11-18(14)15-8-12(2)7-13(3)9-15/h12-15,17H,6-11H2,1-5H3. The largest absolute Gasteiger partial charge is 0.309 e. The van der Waals surface area contributed by atoms with Crippen LogP contribution in [0.25, 0.3) is 0 Å². The number of nitrogens with one attached hydrogen (secondary N) is 1. The van der Waals surface area contributed by atoms with Crippen molar-refractivity contribution >= 4 is 0 Å². The van der Waals surface area contributed by atoms with E-state index in [2.05, 4.69) is 44.8 Å². The Hall–Kier alpha value is -0.0800. The van der Waals surface area contributed by atoms with E-state index in [9.17, 15) is 0 Å². The summed E-state index contributed by atoms with van der Waals surface area (Å²) in [7, 11) is 0. The Balaban J connectivity index is 2.07. The molecule has 3 unspecified atom stereocenters. The van der Waals surface area contributed by atoms with Gasteiger partial charge < -0.3 is 5.32 Å². The van der Waals surface area contributed by atoms with E-state index in [1.54, 1.807) is 0 Å². The topological polar surface area (TPSA) is 15.3 Å². The summed E-state index contributed by atoms with van der Waals surface area (Å²) in [5, 5.41) is 3.71. The summed E-state index contributed by atoms with van der Waals surface area (Å²) in [6, 6.07) is 1.58. The molecule has 0 aromatic heterocycles. The van der Waals surface area contributed by atoms with Gasteiger partial charge in [-0.15, -0.1) is 0 Å². The third-order valence-electron chi connectivity index (χ3n) is 4.96. The summed E-state index contributed by atoms with van der Waals surface area (Å²) in [6.45, 7) is 14.3. The highest BCUT2D eigenvalue weighted by Gasteiger charge is 2.37. The maximum atomic E-state index is 3.71. The summed E-state index contributed by atoms with van der Waals surface area (Å²) >= 11 is 0. The highest BCUT2D eigenvalue weighted by atomic mass is 15.3. The second kappa shape index (κ2) is 5.50. The van der Waals surface area contributed by atoms with Crippen LogP contribution in [0.1, 0.15) is 60.3 Å². The van der Waals surface area contributed by atoms with Crippen LogP contribution in [-0.4, -0.2) is 35.6 Å². The first-order valence-electron chi connectivity index (χ1n) is 7.92. The Morgan fingerprint density at radius 1 is 1.11 bits per heavy atom. The van der Waals surface area contributed by atoms with Crippen LogP contribution in [0.5, 0.6) is 0 Å². The van der Waals surface area contributed by atoms with E-state index in [0.717, 1.165) is 23.9 Å². The molecule has 0 radical (unpaired) electrons. The molecule has 1 saturated carbocycles. The van der Waals surface area contributed by atoms with E-state index in [4.69, 9.17) is 0 Å². The van der Waals surface area contributed by atoms with Gasteiger partial charge in [-0.3, -0.25) is 4.90 Å². The van der Waals surface area contributed by atoms with Crippen molar-refractivity contribution in [2.75, 3.05) is 13.1 Å². The van der Waals surface area contributed by atoms with Crippen LogP contribution in [0.15, 0.2) is 0 Å². The van der Waals surface area contributed by atoms with Gasteiger partial charge in [0.15, 0.2) is 0 Å². The fourth-order valence-corrected chi connectivity index (χ4v) is 4.13. The lowest BCUT2D eigenvalue weighted by Crippen LogP contribution is -2.64. The first-order chi connectivity index (χ1) is 8.41. The van der Waals surface area contributed by atoms with Crippen LogP contribution >= 0.6 is 0 Å². The van der Waals surface area contributed by atoms with Crippen molar-refractivity contribution in [2.45, 2.75) is 77.9 Å². The predicted molar refractivity (Wildman–Crippen MR) is 78.8 cm³/mol. The van der Waals surface area contributed by atoms with Gasteiger partial charge in [-0.1, -0.05) is 20.8 Å². The van der Waals surface area contributed by atoms with Gasteiger partial charge in [0.05, 0.1) is 0 Å². The Morgan fingerprint density at radius 3 is 2.28 bits per heavy atom. The molecule has 2 nitrogen and oxygen atoms in total. The molecule has 2 rings (SSSR count). The Bertz CT molecular complexity index is 264. The lowest BCUT2D eigenvalue weighted by molar-refractivity contribution is 0.0176. The Kier molecular flexibility index (Phi) is 4.38. The molecule has 106 valence electrons. The van der Waals surface area contributed by atoms with Crippen LogP contribution in [-0.2, 0) is 0 Å². The molecular weight excluding hydrogens is 220 g/mol. The summed E-state index contributed by atoms with van der Waals surface area (Å²) in [5.41, 5.74) is 0.287. The van der Waals surface area contributed by atoms with Crippen LogP contribution < -0.4 is 5.32 Å². The monoisotopic (exact) mass is 252 g/mol. The number of hydrogen-bond donors (Lipinski definition) is 1. The maximum Gasteiger partial charge on any atom is 0.0253 e. The molecular formula is C16H32N2. The van der Waals surface area contributed by atoms with E-state index in [1.165, 1.54) is 38.8 Å². The third kappa shape index (κ3) is 3.27. The van der Waals surface area contributed by atoms with Crippen molar-refractivity contribution in [3.8, 4) is 0 Å². The first-order valence-corrected chi connectivity index (χ1v) is 7.92. The number of hydrogen-bond acceptors (Lipinski definition) is 2. The van der Waals surface area contributed by atoms with Gasteiger partial charge in [-0.2, -0.15) is 0 Å². The predicted octanol–water partition coefficient (Wildman–Crippen LogP) is 3.27. The van der Waals surface area contributed by atoms with Crippen LogP contribution in [0.3, 0.4) is 0 Å². The molecule has 18 heavy (non-hydrogen) atoms. The van der Waals surface area contributed by atoms with Crippen LogP contribution in [0, 0.1) is 11.8 Å². The average molecular weight is 252 g/mol. The first kappa shape index (κ1) is 14.3. The highest BCUT2D eigenvalue weighted by Crippen LogP contribution is 2.34. The molecule has 2 fully saturated rings. The molecule has 1 saturated heterocycles. The van der Waals surface area contributed by atoms with Crippen molar-refractivity contribution in [2.24, 2.45) is 11.8 Å². The molecule has 3 atom stereocenters. The average Bonchev–Trinajstić information content (AvgIpc) is 2.26. The van der Waals surface area contributed by atoms with Crippen molar-refractivity contribution in [3.63, 3.8) is 0 Å². The normalized spacial score (nSPS) is 41.8. The van der Waals surface area contributed by atoms with Crippen molar-refractivity contribution < 1.29 is 0 Å². The highest BCUT2D eigenvalue weighted by molar-refractivity contribution is 4.96. The molecule has 0 aromatic rings. The van der Waals surface area contributed by atoms with E-state index in [1.807, 2.05) is 0 Å². The van der Waals surface area contributed by atoms with Gasteiger partial charge >= 0.3 is 0 Å². The van der Waals surface area contributed by atoms with E-state index in [-0.39, 0.29) is 5.54 Å². The zero-order chi connectivity index (χ0) is 13.3. The summed E-state index contributed by atoms with van der Waals surface area (Å²) in [4.78, 5) is 2.84. The number of nitrogens with zero attached hydrogens (tertiary/aromatic N) is 1. The zero-order valence-corrected chi connectivity index (χ0v) is 13.0. The van der Waals surface area contributed by atoms with Gasteiger partial charge in [-0.05, 0) is 51.4 Å². The molecule has 0 aromatic carbocycles. The minimum atomic E-state index is 0.287. The molecule has 0 spiro atoms. The minimum Gasteiger partial charge on any atom is -0.309 e. The molecule has 0 amide bonds. The second-order valence-electron chi connectivity index (χ2n) is 7.57. The van der Waals surface area contributed by atoms with Crippen molar-refractivity contribution in [3.05, 3.63) is 0 Å². The van der Waals surface area contributed by atoms with E-state index < -0.39 is 0 Å². The third-order valence-corrected chi connectivity index (χ3v) is 4.96. The van der Waals surface area contributed by atoms with Gasteiger partial charge in [0, 0.05) is 30.7 Å². The summed E-state index contributed by atoms with van der Waals surface area (Å²) < 4.78 is 0. The van der Waals surface area contributed by atoms with Gasteiger partial charge in [-0.25, -0.2) is 0 Å². The van der Waals surface area contributed by atoms with E-state index in [0.29, 0.717) is 0 Å². The number of piperazine rings is 1. The molecule has 1 N–H and O–H groups in total. The van der Waals surface area contributed by atoms with Crippen molar-refractivity contribution in [1.82, 2.24) is 10.2 Å². The molecule has 1 heterocycles. The molecule has 2 aliphatic rings. The lowest BCUT2D eigenvalue weighted by Gasteiger charge is -2.50. The van der Waals surface area contributed by atoms with E-state index >= 15 is 0 Å². The maximum absolute atomic E-state index is 3.71. The quantitative estimate of drug-likeness (QED) is 0.811. The second-order valence-corrected chi connectivity index (χ2v) is 7.57. The molecule has 1 aliphatic carbocycles. The summed E-state index contributed by atoms with van der Waals surface area (Å²) in [5.74, 6) is 1.82.